The summed E-state index contributed by atoms with van der Waals surface area (Å²) in [7, 11) is 0. The van der Waals surface area contributed by atoms with E-state index in [1.165, 1.54) is 18.3 Å². The summed E-state index contributed by atoms with van der Waals surface area (Å²) in [5, 5.41) is 10.0. The summed E-state index contributed by atoms with van der Waals surface area (Å²) in [6.45, 7) is 1.41. The molecule has 0 aliphatic rings. The Morgan fingerprint density at radius 2 is 1.52 bits per heavy atom. The molecule has 1 aromatic heterocycles. The number of anilines is 3. The lowest BCUT2D eigenvalue weighted by molar-refractivity contribution is -0.114. The molecular formula is C20H17N3O3S. The SMILES string of the molecule is CC(=O)Nc1cccc(NC(=O)c2ccccc2NC(=O)c2cccs2)c1. The summed E-state index contributed by atoms with van der Waals surface area (Å²) in [5.41, 5.74) is 1.88. The third kappa shape index (κ3) is 4.80. The maximum atomic E-state index is 12.7. The molecule has 0 saturated heterocycles. The molecule has 6 nitrogen and oxygen atoms in total. The standard InChI is InChI=1S/C20H17N3O3S/c1-13(24)21-14-6-4-7-15(12-14)22-19(25)16-8-2-3-9-17(16)23-20(26)18-10-5-11-27-18/h2-12H,1H3,(H,21,24)(H,22,25)(H,23,26). The summed E-state index contributed by atoms with van der Waals surface area (Å²) in [5.74, 6) is -0.824. The van der Waals surface area contributed by atoms with Crippen LogP contribution in [0.15, 0.2) is 66.0 Å². The Morgan fingerprint density at radius 1 is 0.778 bits per heavy atom. The van der Waals surface area contributed by atoms with Crippen molar-refractivity contribution < 1.29 is 14.4 Å². The van der Waals surface area contributed by atoms with Gasteiger partial charge in [-0.1, -0.05) is 24.3 Å². The maximum Gasteiger partial charge on any atom is 0.265 e. The van der Waals surface area contributed by atoms with Crippen molar-refractivity contribution in [2.45, 2.75) is 6.92 Å². The molecule has 0 fully saturated rings. The molecule has 7 heteroatoms. The highest BCUT2D eigenvalue weighted by Gasteiger charge is 2.15. The number of benzene rings is 2. The van der Waals surface area contributed by atoms with E-state index in [1.807, 2.05) is 5.38 Å². The van der Waals surface area contributed by atoms with Crippen LogP contribution >= 0.6 is 11.3 Å². The summed E-state index contributed by atoms with van der Waals surface area (Å²) < 4.78 is 0. The van der Waals surface area contributed by atoms with E-state index < -0.39 is 0 Å². The molecule has 2 aromatic carbocycles. The van der Waals surface area contributed by atoms with E-state index in [9.17, 15) is 14.4 Å². The molecule has 0 bridgehead atoms. The fourth-order valence-electron chi connectivity index (χ4n) is 2.46. The van der Waals surface area contributed by atoms with Crippen LogP contribution in [0.3, 0.4) is 0 Å². The van der Waals surface area contributed by atoms with Crippen LogP contribution < -0.4 is 16.0 Å². The number of hydrogen-bond acceptors (Lipinski definition) is 4. The number of carbonyl (C=O) groups is 3. The molecule has 0 spiro atoms. The third-order valence-electron chi connectivity index (χ3n) is 3.61. The highest BCUT2D eigenvalue weighted by molar-refractivity contribution is 7.12. The van der Waals surface area contributed by atoms with Crippen molar-refractivity contribution in [3.8, 4) is 0 Å². The first-order valence-corrected chi connectivity index (χ1v) is 9.04. The number of hydrogen-bond donors (Lipinski definition) is 3. The van der Waals surface area contributed by atoms with E-state index in [2.05, 4.69) is 16.0 Å². The zero-order chi connectivity index (χ0) is 19.2. The summed E-state index contributed by atoms with van der Waals surface area (Å²) in [6.07, 6.45) is 0. The first kappa shape index (κ1) is 18.3. The topological polar surface area (TPSA) is 87.3 Å². The number of thiophene rings is 1. The summed E-state index contributed by atoms with van der Waals surface area (Å²) in [6, 6.07) is 17.1. The summed E-state index contributed by atoms with van der Waals surface area (Å²) >= 11 is 1.33. The molecule has 3 rings (SSSR count). The van der Waals surface area contributed by atoms with Crippen molar-refractivity contribution in [2.75, 3.05) is 16.0 Å². The highest BCUT2D eigenvalue weighted by Crippen LogP contribution is 2.21. The van der Waals surface area contributed by atoms with Gasteiger partial charge in [-0.05, 0) is 41.8 Å². The Balaban J connectivity index is 1.77. The van der Waals surface area contributed by atoms with E-state index in [4.69, 9.17) is 0 Å². The van der Waals surface area contributed by atoms with Gasteiger partial charge in [0.25, 0.3) is 11.8 Å². The molecule has 27 heavy (non-hydrogen) atoms. The molecule has 136 valence electrons. The molecule has 3 amide bonds. The number of carbonyl (C=O) groups excluding carboxylic acids is 3. The number of rotatable bonds is 5. The van der Waals surface area contributed by atoms with Crippen molar-refractivity contribution in [2.24, 2.45) is 0 Å². The predicted octanol–water partition coefficient (Wildman–Crippen LogP) is 4.21. The van der Waals surface area contributed by atoms with Gasteiger partial charge in [-0.3, -0.25) is 14.4 Å². The minimum Gasteiger partial charge on any atom is -0.326 e. The molecule has 1 heterocycles. The lowest BCUT2D eigenvalue weighted by Crippen LogP contribution is -2.17. The Hall–Kier alpha value is -3.45. The third-order valence-corrected chi connectivity index (χ3v) is 4.47. The van der Waals surface area contributed by atoms with Gasteiger partial charge >= 0.3 is 0 Å². The van der Waals surface area contributed by atoms with Crippen molar-refractivity contribution in [1.29, 1.82) is 0 Å². The second-order valence-electron chi connectivity index (χ2n) is 5.69. The normalized spacial score (nSPS) is 10.1. The van der Waals surface area contributed by atoms with E-state index in [0.29, 0.717) is 27.5 Å². The Labute approximate surface area is 160 Å². The van der Waals surface area contributed by atoms with Gasteiger partial charge in [0.15, 0.2) is 0 Å². The Bertz CT molecular complexity index is 984. The van der Waals surface area contributed by atoms with Gasteiger partial charge in [-0.25, -0.2) is 0 Å². The molecule has 0 radical (unpaired) electrons. The van der Waals surface area contributed by atoms with Crippen LogP contribution in [0.25, 0.3) is 0 Å². The Morgan fingerprint density at radius 3 is 2.22 bits per heavy atom. The minimum atomic E-state index is -0.364. The van der Waals surface area contributed by atoms with Crippen LogP contribution in [0.1, 0.15) is 27.0 Å². The fraction of sp³-hybridized carbons (Fsp3) is 0.0500. The van der Waals surface area contributed by atoms with Crippen LogP contribution in [0.5, 0.6) is 0 Å². The largest absolute Gasteiger partial charge is 0.326 e. The first-order chi connectivity index (χ1) is 13.0. The number of para-hydroxylation sites is 1. The average Bonchev–Trinajstić information content (AvgIpc) is 3.16. The lowest BCUT2D eigenvalue weighted by atomic mass is 10.1. The Kier molecular flexibility index (Phi) is 5.63. The first-order valence-electron chi connectivity index (χ1n) is 8.16. The molecule has 0 aliphatic heterocycles. The van der Waals surface area contributed by atoms with Crippen LogP contribution in [-0.2, 0) is 4.79 Å². The molecule has 0 atom stereocenters. The minimum absolute atomic E-state index is 0.194. The quantitative estimate of drug-likeness (QED) is 0.620. The average molecular weight is 379 g/mol. The van der Waals surface area contributed by atoms with Crippen molar-refractivity contribution >= 4 is 46.1 Å². The monoisotopic (exact) mass is 379 g/mol. The van der Waals surface area contributed by atoms with Gasteiger partial charge in [-0.2, -0.15) is 0 Å². The smallest absolute Gasteiger partial charge is 0.265 e. The second kappa shape index (κ2) is 8.29. The number of nitrogens with one attached hydrogen (secondary N) is 3. The van der Waals surface area contributed by atoms with Gasteiger partial charge in [0, 0.05) is 18.3 Å². The van der Waals surface area contributed by atoms with Crippen LogP contribution in [0, 0.1) is 0 Å². The van der Waals surface area contributed by atoms with Crippen LogP contribution in [-0.4, -0.2) is 17.7 Å². The van der Waals surface area contributed by atoms with Gasteiger partial charge in [0.2, 0.25) is 5.91 Å². The van der Waals surface area contributed by atoms with E-state index in [0.717, 1.165) is 0 Å². The van der Waals surface area contributed by atoms with Crippen molar-refractivity contribution in [1.82, 2.24) is 0 Å². The van der Waals surface area contributed by atoms with E-state index >= 15 is 0 Å². The molecule has 0 saturated carbocycles. The molecule has 0 aliphatic carbocycles. The van der Waals surface area contributed by atoms with Crippen LogP contribution in [0.2, 0.25) is 0 Å². The summed E-state index contributed by atoms with van der Waals surface area (Å²) in [4.78, 5) is 36.7. The van der Waals surface area contributed by atoms with E-state index in [1.54, 1.807) is 60.7 Å². The number of amides is 3. The van der Waals surface area contributed by atoms with Gasteiger partial charge in [0.1, 0.15) is 0 Å². The molecule has 0 unspecified atom stereocenters. The zero-order valence-corrected chi connectivity index (χ0v) is 15.3. The fourth-order valence-corrected chi connectivity index (χ4v) is 3.08. The predicted molar refractivity (Wildman–Crippen MR) is 107 cm³/mol. The van der Waals surface area contributed by atoms with Crippen LogP contribution in [0.4, 0.5) is 17.1 Å². The maximum absolute atomic E-state index is 12.7. The van der Waals surface area contributed by atoms with Crippen molar-refractivity contribution in [3.63, 3.8) is 0 Å². The highest BCUT2D eigenvalue weighted by atomic mass is 32.1. The van der Waals surface area contributed by atoms with Gasteiger partial charge in [-0.15, -0.1) is 11.3 Å². The molecular weight excluding hydrogens is 362 g/mol. The zero-order valence-electron chi connectivity index (χ0n) is 14.5. The van der Waals surface area contributed by atoms with Gasteiger partial charge in [0.05, 0.1) is 16.1 Å². The van der Waals surface area contributed by atoms with E-state index in [-0.39, 0.29) is 17.7 Å². The molecule has 3 N–H and O–H groups in total. The lowest BCUT2D eigenvalue weighted by Gasteiger charge is -2.12. The molecule has 3 aromatic rings. The van der Waals surface area contributed by atoms with Gasteiger partial charge < -0.3 is 16.0 Å². The van der Waals surface area contributed by atoms with Crippen molar-refractivity contribution in [3.05, 3.63) is 76.5 Å². The second-order valence-corrected chi connectivity index (χ2v) is 6.64.